The highest BCUT2D eigenvalue weighted by molar-refractivity contribution is 7.86. The minimum absolute atomic E-state index is 0.0214. The van der Waals surface area contributed by atoms with Crippen molar-refractivity contribution in [1.82, 2.24) is 5.32 Å². The second-order valence-corrected chi connectivity index (χ2v) is 14.2. The van der Waals surface area contributed by atoms with Gasteiger partial charge in [-0.1, -0.05) is 71.7 Å². The minimum Gasteiger partial charge on any atom is -0.476 e. The molecule has 1 N–H and O–H groups in total. The highest BCUT2D eigenvalue weighted by atomic mass is 35.5. The number of rotatable bonds is 5. The van der Waals surface area contributed by atoms with Crippen LogP contribution in [0, 0.1) is 0 Å². The lowest BCUT2D eigenvalue weighted by atomic mass is 9.95. The second-order valence-electron chi connectivity index (χ2n) is 10.7. The number of halogens is 2. The Morgan fingerprint density at radius 3 is 1.93 bits per heavy atom. The van der Waals surface area contributed by atoms with Crippen LogP contribution in [0.1, 0.15) is 12.8 Å². The average molecular weight is 669 g/mol. The van der Waals surface area contributed by atoms with Crippen molar-refractivity contribution >= 4 is 62.5 Å². The van der Waals surface area contributed by atoms with E-state index in [1.807, 2.05) is 72.8 Å². The van der Waals surface area contributed by atoms with Crippen molar-refractivity contribution in [1.29, 1.82) is 0 Å². The number of anilines is 2. The Labute approximate surface area is 270 Å². The van der Waals surface area contributed by atoms with Crippen LogP contribution in [0.5, 0.6) is 11.5 Å². The molecular formula is C32H27Cl2N3O5S2. The number of amides is 1. The van der Waals surface area contributed by atoms with E-state index in [2.05, 4.69) is 5.32 Å². The molecule has 2 unspecified atom stereocenters. The molecule has 44 heavy (non-hydrogen) atoms. The number of nitrogens with zero attached hydrogens (tertiary/aromatic N) is 2. The Balaban J connectivity index is 1.21. The molecule has 8 nitrogen and oxygen atoms in total. The molecule has 0 aliphatic carbocycles. The van der Waals surface area contributed by atoms with E-state index < -0.39 is 22.0 Å². The molecule has 4 aromatic carbocycles. The summed E-state index contributed by atoms with van der Waals surface area (Å²) in [4.78, 5) is 11.7. The fraction of sp³-hybridized carbons (Fsp3) is 0.219. The van der Waals surface area contributed by atoms with E-state index in [4.69, 9.17) is 32.7 Å². The highest BCUT2D eigenvalue weighted by Crippen LogP contribution is 2.45. The van der Waals surface area contributed by atoms with Crippen LogP contribution in [0.25, 0.3) is 33.4 Å². The van der Waals surface area contributed by atoms with Crippen LogP contribution in [0.15, 0.2) is 72.8 Å². The monoisotopic (exact) mass is 667 g/mol. The molecule has 0 spiro atoms. The van der Waals surface area contributed by atoms with Crippen LogP contribution in [0.2, 0.25) is 10.0 Å². The Kier molecular flexibility index (Phi) is 7.78. The number of ether oxygens (including phenoxy) is 2. The molecule has 3 aliphatic rings. The lowest BCUT2D eigenvalue weighted by Crippen LogP contribution is -2.42. The summed E-state index contributed by atoms with van der Waals surface area (Å²) in [5, 5.41) is 4.03. The normalized spacial score (nSPS) is 20.8. The maximum absolute atomic E-state index is 12.8. The van der Waals surface area contributed by atoms with Gasteiger partial charge in [-0.3, -0.25) is 13.4 Å². The van der Waals surface area contributed by atoms with E-state index in [9.17, 15) is 13.2 Å². The van der Waals surface area contributed by atoms with Gasteiger partial charge in [-0.25, -0.2) is 8.42 Å². The summed E-state index contributed by atoms with van der Waals surface area (Å²) < 4.78 is 40.1. The van der Waals surface area contributed by atoms with Gasteiger partial charge < -0.3 is 14.8 Å². The fourth-order valence-corrected chi connectivity index (χ4v) is 8.27. The van der Waals surface area contributed by atoms with Crippen molar-refractivity contribution in [2.75, 3.05) is 34.1 Å². The minimum atomic E-state index is -1.36. The quantitative estimate of drug-likeness (QED) is 0.261. The summed E-state index contributed by atoms with van der Waals surface area (Å²) in [6, 6.07) is 23.1. The first kappa shape index (κ1) is 29.2. The van der Waals surface area contributed by atoms with E-state index >= 15 is 0 Å². The summed E-state index contributed by atoms with van der Waals surface area (Å²) >= 11 is 14.1. The molecule has 1 fully saturated rings. The molecule has 1 saturated heterocycles. The largest absolute Gasteiger partial charge is 0.476 e. The summed E-state index contributed by atoms with van der Waals surface area (Å²) in [6.07, 6.45) is 1.20. The van der Waals surface area contributed by atoms with Crippen LogP contribution >= 0.6 is 23.2 Å². The molecule has 3 atom stereocenters. The van der Waals surface area contributed by atoms with E-state index in [1.54, 1.807) is 15.7 Å². The summed E-state index contributed by atoms with van der Waals surface area (Å²) in [5.41, 5.74) is 6.37. The zero-order valence-corrected chi connectivity index (χ0v) is 26.7. The zero-order valence-electron chi connectivity index (χ0n) is 23.5. The third-order valence-electron chi connectivity index (χ3n) is 8.09. The van der Waals surface area contributed by atoms with E-state index in [1.165, 1.54) is 0 Å². The number of fused-ring (bicyclic) bond motifs is 2. The fourth-order valence-electron chi connectivity index (χ4n) is 5.77. The van der Waals surface area contributed by atoms with Crippen molar-refractivity contribution < 1.29 is 22.7 Å². The van der Waals surface area contributed by atoms with Crippen molar-refractivity contribution in [2.24, 2.45) is 0 Å². The Bertz CT molecular complexity index is 1870. The van der Waals surface area contributed by atoms with Gasteiger partial charge in [-0.15, -0.1) is 0 Å². The summed E-state index contributed by atoms with van der Waals surface area (Å²) in [6.45, 7) is 0.450. The Morgan fingerprint density at radius 1 is 0.795 bits per heavy atom. The molecule has 7 rings (SSSR count). The van der Waals surface area contributed by atoms with Gasteiger partial charge in [0.05, 0.1) is 28.0 Å². The number of benzene rings is 4. The standard InChI is InChI=1S/C32H27Cl2N3O5S2/c1-36-26-11-8-19(14-28(26)41-17-43(36)39)22-4-2-6-24(31(22)33)25-7-3-5-23(32(25)34)20-9-12-27-29(15-20)42-18-44(40)37(27)16-21-10-13-30(38)35-21/h2-9,11-12,14-15,21H,10,13,16-18H2,1H3,(H,35,38)/t21-,43?,44?/m0/s1. The molecule has 0 bridgehead atoms. The highest BCUT2D eigenvalue weighted by Gasteiger charge is 2.30. The first-order valence-electron chi connectivity index (χ1n) is 14.0. The molecule has 12 heteroatoms. The van der Waals surface area contributed by atoms with Gasteiger partial charge in [-0.2, -0.15) is 0 Å². The van der Waals surface area contributed by atoms with Crippen LogP contribution in [-0.4, -0.2) is 45.8 Å². The molecule has 3 heterocycles. The zero-order chi connectivity index (χ0) is 30.5. The van der Waals surface area contributed by atoms with E-state index in [0.717, 1.165) is 39.1 Å². The van der Waals surface area contributed by atoms with Gasteiger partial charge in [0.15, 0.2) is 33.8 Å². The van der Waals surface area contributed by atoms with Crippen LogP contribution in [0.3, 0.4) is 0 Å². The molecule has 1 amide bonds. The third kappa shape index (κ3) is 5.23. The third-order valence-corrected chi connectivity index (χ3v) is 11.2. The molecule has 0 saturated carbocycles. The van der Waals surface area contributed by atoms with Gasteiger partial charge in [0.2, 0.25) is 5.91 Å². The number of hydrogen-bond donors (Lipinski definition) is 1. The van der Waals surface area contributed by atoms with Gasteiger partial charge >= 0.3 is 0 Å². The van der Waals surface area contributed by atoms with Crippen molar-refractivity contribution in [3.8, 4) is 44.9 Å². The van der Waals surface area contributed by atoms with Gasteiger partial charge in [0.25, 0.3) is 0 Å². The molecule has 226 valence electrons. The van der Waals surface area contributed by atoms with Gasteiger partial charge in [0, 0.05) is 41.8 Å². The smallest absolute Gasteiger partial charge is 0.220 e. The first-order chi connectivity index (χ1) is 21.3. The average Bonchev–Trinajstić information content (AvgIpc) is 3.45. The lowest BCUT2D eigenvalue weighted by Gasteiger charge is -2.32. The molecule has 0 aromatic heterocycles. The second kappa shape index (κ2) is 11.7. The van der Waals surface area contributed by atoms with Crippen LogP contribution < -0.4 is 23.4 Å². The Hall–Kier alpha value is -3.57. The predicted octanol–water partition coefficient (Wildman–Crippen LogP) is 6.54. The number of carbonyl (C=O) groups is 1. The maximum Gasteiger partial charge on any atom is 0.220 e. The maximum atomic E-state index is 12.8. The van der Waals surface area contributed by atoms with Gasteiger partial charge in [0.1, 0.15) is 11.5 Å². The number of hydrogen-bond acceptors (Lipinski definition) is 5. The number of carbonyl (C=O) groups excluding carboxylic acids is 1. The SMILES string of the molecule is CN1c2ccc(-c3cccc(-c4cccc(-c5ccc6c(c5)OCS(=O)N6C[C@@H]5CCC(=O)N5)c4Cl)c3Cl)cc2OCS1=O. The topological polar surface area (TPSA) is 88.2 Å². The molecular weight excluding hydrogens is 641 g/mol. The van der Waals surface area contributed by atoms with Crippen molar-refractivity contribution in [2.45, 2.75) is 18.9 Å². The van der Waals surface area contributed by atoms with Crippen molar-refractivity contribution in [3.63, 3.8) is 0 Å². The summed E-state index contributed by atoms with van der Waals surface area (Å²) in [7, 11) is -0.806. The summed E-state index contributed by atoms with van der Waals surface area (Å²) in [5.74, 6) is 1.42. The first-order valence-corrected chi connectivity index (χ1v) is 17.3. The lowest BCUT2D eigenvalue weighted by molar-refractivity contribution is -0.119. The van der Waals surface area contributed by atoms with Crippen LogP contribution in [0.4, 0.5) is 11.4 Å². The molecule has 0 radical (unpaired) electrons. The number of nitrogens with one attached hydrogen (secondary N) is 1. The van der Waals surface area contributed by atoms with Crippen LogP contribution in [-0.2, 0) is 26.8 Å². The van der Waals surface area contributed by atoms with Gasteiger partial charge in [-0.05, 0) is 41.8 Å². The predicted molar refractivity (Wildman–Crippen MR) is 177 cm³/mol. The van der Waals surface area contributed by atoms with E-state index in [0.29, 0.717) is 46.6 Å². The van der Waals surface area contributed by atoms with E-state index in [-0.39, 0.29) is 23.8 Å². The Morgan fingerprint density at radius 2 is 1.34 bits per heavy atom. The molecule has 3 aliphatic heterocycles. The molecule has 4 aromatic rings. The van der Waals surface area contributed by atoms with Crippen molar-refractivity contribution in [3.05, 3.63) is 82.8 Å².